The van der Waals surface area contributed by atoms with Gasteiger partial charge in [0, 0.05) is 31.9 Å². The third-order valence-electron chi connectivity index (χ3n) is 5.07. The van der Waals surface area contributed by atoms with E-state index in [1.807, 2.05) is 16.8 Å². The second kappa shape index (κ2) is 7.92. The number of anilines is 1. The largest absolute Gasteiger partial charge is 0.369 e. The Morgan fingerprint density at radius 3 is 2.22 bits per heavy atom. The summed E-state index contributed by atoms with van der Waals surface area (Å²) in [6.45, 7) is 14.6. The Morgan fingerprint density at radius 2 is 1.67 bits per heavy atom. The van der Waals surface area contributed by atoms with E-state index in [2.05, 4.69) is 59.9 Å². The van der Waals surface area contributed by atoms with Gasteiger partial charge in [0.05, 0.1) is 11.6 Å². The van der Waals surface area contributed by atoms with Gasteiger partial charge in [0.15, 0.2) is 5.82 Å². The Balaban J connectivity index is 1.76. The van der Waals surface area contributed by atoms with E-state index in [0.717, 1.165) is 44.1 Å². The van der Waals surface area contributed by atoms with Crippen LogP contribution in [0.4, 0.5) is 10.1 Å². The summed E-state index contributed by atoms with van der Waals surface area (Å²) in [7, 11) is 0. The fourth-order valence-electron chi connectivity index (χ4n) is 3.69. The second-order valence-electron chi connectivity index (χ2n) is 8.76. The number of hydrogen-bond donors (Lipinski definition) is 0. The molecule has 27 heavy (non-hydrogen) atoms. The molecule has 0 saturated carbocycles. The molecule has 7 heteroatoms. The van der Waals surface area contributed by atoms with Gasteiger partial charge in [-0.05, 0) is 67.8 Å². The molecule has 6 nitrogen and oxygen atoms in total. The lowest BCUT2D eigenvalue weighted by Crippen LogP contribution is -2.48. The molecule has 1 saturated heterocycles. The molecule has 148 valence electrons. The molecule has 1 atom stereocenters. The number of rotatable bonds is 5. The first-order chi connectivity index (χ1) is 12.8. The zero-order valence-corrected chi connectivity index (χ0v) is 17.1. The smallest absolute Gasteiger partial charge is 0.168 e. The lowest BCUT2D eigenvalue weighted by atomic mass is 9.99. The maximum absolute atomic E-state index is 13.2. The number of piperazine rings is 1. The molecule has 0 N–H and O–H groups in total. The first-order valence-electron chi connectivity index (χ1n) is 9.79. The van der Waals surface area contributed by atoms with Crippen molar-refractivity contribution >= 4 is 5.69 Å². The lowest BCUT2D eigenvalue weighted by molar-refractivity contribution is 0.146. The van der Waals surface area contributed by atoms with Crippen molar-refractivity contribution in [2.45, 2.75) is 52.6 Å². The van der Waals surface area contributed by atoms with Crippen LogP contribution in [0.15, 0.2) is 24.3 Å². The zero-order chi connectivity index (χ0) is 19.6. The monoisotopic (exact) mass is 374 g/mol. The predicted octanol–water partition coefficient (Wildman–Crippen LogP) is 3.48. The van der Waals surface area contributed by atoms with E-state index < -0.39 is 0 Å². The number of halogens is 1. The predicted molar refractivity (Wildman–Crippen MR) is 105 cm³/mol. The molecule has 2 aromatic rings. The third kappa shape index (κ3) is 4.64. The summed E-state index contributed by atoms with van der Waals surface area (Å²) in [5, 5.41) is 12.6. The highest BCUT2D eigenvalue weighted by atomic mass is 19.1. The highest BCUT2D eigenvalue weighted by Crippen LogP contribution is 2.30. The summed E-state index contributed by atoms with van der Waals surface area (Å²) >= 11 is 0. The van der Waals surface area contributed by atoms with Gasteiger partial charge in [0.2, 0.25) is 0 Å². The number of aromatic nitrogens is 4. The van der Waals surface area contributed by atoms with Crippen LogP contribution in [-0.2, 0) is 5.54 Å². The van der Waals surface area contributed by atoms with Crippen molar-refractivity contribution in [1.29, 1.82) is 0 Å². The molecule has 0 amide bonds. The zero-order valence-electron chi connectivity index (χ0n) is 17.1. The van der Waals surface area contributed by atoms with Gasteiger partial charge in [-0.25, -0.2) is 9.07 Å². The summed E-state index contributed by atoms with van der Waals surface area (Å²) in [5.74, 6) is 1.31. The maximum Gasteiger partial charge on any atom is 0.168 e. The fraction of sp³-hybridized carbons (Fsp3) is 0.650. The summed E-state index contributed by atoms with van der Waals surface area (Å²) in [4.78, 5) is 4.81. The number of benzene rings is 1. The highest BCUT2D eigenvalue weighted by Gasteiger charge is 2.32. The van der Waals surface area contributed by atoms with Crippen LogP contribution in [-0.4, -0.2) is 51.3 Å². The van der Waals surface area contributed by atoms with E-state index in [4.69, 9.17) is 0 Å². The van der Waals surface area contributed by atoms with Crippen LogP contribution in [0.2, 0.25) is 0 Å². The minimum Gasteiger partial charge on any atom is -0.369 e. The first kappa shape index (κ1) is 19.7. The molecule has 0 bridgehead atoms. The fourth-order valence-corrected chi connectivity index (χ4v) is 3.69. The van der Waals surface area contributed by atoms with Crippen LogP contribution in [0, 0.1) is 11.7 Å². The average Bonchev–Trinajstić information content (AvgIpc) is 3.10. The van der Waals surface area contributed by atoms with Crippen LogP contribution in [0.1, 0.15) is 52.9 Å². The van der Waals surface area contributed by atoms with Crippen molar-refractivity contribution in [1.82, 2.24) is 25.1 Å². The molecule has 1 aliphatic rings. The van der Waals surface area contributed by atoms with Crippen molar-refractivity contribution in [2.75, 3.05) is 31.1 Å². The minimum atomic E-state index is -0.191. The summed E-state index contributed by atoms with van der Waals surface area (Å²) in [6, 6.07) is 6.98. The molecular weight excluding hydrogens is 343 g/mol. The van der Waals surface area contributed by atoms with Crippen LogP contribution < -0.4 is 4.90 Å². The van der Waals surface area contributed by atoms with Gasteiger partial charge < -0.3 is 4.90 Å². The van der Waals surface area contributed by atoms with Crippen molar-refractivity contribution < 1.29 is 4.39 Å². The van der Waals surface area contributed by atoms with Gasteiger partial charge in [-0.2, -0.15) is 0 Å². The Bertz CT molecular complexity index is 726. The van der Waals surface area contributed by atoms with Crippen molar-refractivity contribution in [3.05, 3.63) is 35.9 Å². The van der Waals surface area contributed by atoms with E-state index >= 15 is 0 Å². The van der Waals surface area contributed by atoms with E-state index in [-0.39, 0.29) is 17.4 Å². The summed E-state index contributed by atoms with van der Waals surface area (Å²) in [6.07, 6.45) is 1.02. The van der Waals surface area contributed by atoms with Gasteiger partial charge in [-0.1, -0.05) is 13.8 Å². The van der Waals surface area contributed by atoms with Gasteiger partial charge in [-0.15, -0.1) is 5.10 Å². The maximum atomic E-state index is 13.2. The molecule has 2 heterocycles. The average molecular weight is 375 g/mol. The Hall–Kier alpha value is -2.02. The van der Waals surface area contributed by atoms with Gasteiger partial charge in [0.25, 0.3) is 0 Å². The van der Waals surface area contributed by atoms with Crippen LogP contribution in [0.5, 0.6) is 0 Å². The number of nitrogens with zero attached hydrogens (tertiary/aromatic N) is 6. The third-order valence-corrected chi connectivity index (χ3v) is 5.07. The molecule has 1 aromatic heterocycles. The molecule has 0 unspecified atom stereocenters. The lowest BCUT2D eigenvalue weighted by Gasteiger charge is -2.40. The van der Waals surface area contributed by atoms with Crippen molar-refractivity contribution in [3.8, 4) is 0 Å². The normalized spacial score (nSPS) is 17.5. The van der Waals surface area contributed by atoms with E-state index in [1.54, 1.807) is 0 Å². The second-order valence-corrected chi connectivity index (χ2v) is 8.76. The van der Waals surface area contributed by atoms with E-state index in [1.165, 1.54) is 12.1 Å². The first-order valence-corrected chi connectivity index (χ1v) is 9.79. The Morgan fingerprint density at radius 1 is 1.04 bits per heavy atom. The minimum absolute atomic E-state index is 0.149. The van der Waals surface area contributed by atoms with Crippen molar-refractivity contribution in [2.24, 2.45) is 5.92 Å². The topological polar surface area (TPSA) is 50.1 Å². The molecule has 3 rings (SSSR count). The van der Waals surface area contributed by atoms with Gasteiger partial charge in [0.1, 0.15) is 5.82 Å². The Labute approximate surface area is 161 Å². The quantitative estimate of drug-likeness (QED) is 0.802. The van der Waals surface area contributed by atoms with Crippen LogP contribution in [0.25, 0.3) is 0 Å². The molecule has 1 aliphatic heterocycles. The summed E-state index contributed by atoms with van der Waals surface area (Å²) in [5.41, 5.74) is 0.931. The molecule has 0 aliphatic carbocycles. The standard InChI is InChI=1S/C20H31FN6/c1-15(2)14-18(19-22-23-24-27(19)20(3,4)5)26-12-10-25(11-13-26)17-8-6-16(21)7-9-17/h6-9,15,18H,10-14H2,1-5H3/t18-/m1/s1. The van der Waals surface area contributed by atoms with Gasteiger partial charge >= 0.3 is 0 Å². The van der Waals surface area contributed by atoms with E-state index in [0.29, 0.717) is 5.92 Å². The van der Waals surface area contributed by atoms with Gasteiger partial charge in [-0.3, -0.25) is 4.90 Å². The molecule has 0 radical (unpaired) electrons. The molecule has 0 spiro atoms. The highest BCUT2D eigenvalue weighted by molar-refractivity contribution is 5.46. The van der Waals surface area contributed by atoms with E-state index in [9.17, 15) is 4.39 Å². The molecule has 1 fully saturated rings. The van der Waals surface area contributed by atoms with Crippen LogP contribution >= 0.6 is 0 Å². The molecular formula is C20H31FN6. The Kier molecular flexibility index (Phi) is 5.79. The van der Waals surface area contributed by atoms with Crippen molar-refractivity contribution in [3.63, 3.8) is 0 Å². The number of hydrogen-bond acceptors (Lipinski definition) is 5. The molecule has 1 aromatic carbocycles. The van der Waals surface area contributed by atoms with Crippen LogP contribution in [0.3, 0.4) is 0 Å². The summed E-state index contributed by atoms with van der Waals surface area (Å²) < 4.78 is 15.2. The SMILES string of the molecule is CC(C)C[C@H](c1nnnn1C(C)(C)C)N1CCN(c2ccc(F)cc2)CC1. The number of tetrazole rings is 1.